The number of benzene rings is 1. The number of allylic oxidation sites excluding steroid dienone is 4. The number of carbonyl (C=O) groups excluding carboxylic acids is 3. The summed E-state index contributed by atoms with van der Waals surface area (Å²) < 4.78 is 15.5. The van der Waals surface area contributed by atoms with Gasteiger partial charge in [0.2, 0.25) is 5.78 Å². The van der Waals surface area contributed by atoms with E-state index >= 15 is 0 Å². The van der Waals surface area contributed by atoms with Crippen LogP contribution in [-0.4, -0.2) is 39.2 Å². The molecular weight excluding hydrogens is 288 g/mol. The van der Waals surface area contributed by atoms with Crippen LogP contribution in [0.2, 0.25) is 0 Å². The minimum Gasteiger partial charge on any atom is -0.496 e. The smallest absolute Gasteiger partial charge is 0.267 e. The lowest BCUT2D eigenvalue weighted by Crippen LogP contribution is -2.19. The molecule has 22 heavy (non-hydrogen) atoms. The summed E-state index contributed by atoms with van der Waals surface area (Å²) in [6, 6.07) is 3.04. The fourth-order valence-corrected chi connectivity index (χ4v) is 2.16. The second-order valence-corrected chi connectivity index (χ2v) is 4.42. The van der Waals surface area contributed by atoms with E-state index in [2.05, 4.69) is 0 Å². The molecule has 1 aliphatic rings. The van der Waals surface area contributed by atoms with Crippen LogP contribution in [0, 0.1) is 0 Å². The molecule has 0 heterocycles. The van der Waals surface area contributed by atoms with Gasteiger partial charge in [-0.1, -0.05) is 0 Å². The quantitative estimate of drug-likeness (QED) is 0.467. The molecular formula is C16H14O6. The average molecular weight is 302 g/mol. The fraction of sp³-hybridized carbons (Fsp3) is 0.188. The van der Waals surface area contributed by atoms with Crippen LogP contribution in [0.3, 0.4) is 0 Å². The summed E-state index contributed by atoms with van der Waals surface area (Å²) in [5.74, 6) is -0.777. The van der Waals surface area contributed by atoms with E-state index < -0.39 is 11.6 Å². The molecule has 0 saturated heterocycles. The van der Waals surface area contributed by atoms with E-state index in [0.29, 0.717) is 34.5 Å². The number of aldehydes is 1. The minimum absolute atomic E-state index is 0.0638. The van der Waals surface area contributed by atoms with Gasteiger partial charge in [-0.3, -0.25) is 14.4 Å². The van der Waals surface area contributed by atoms with Crippen LogP contribution in [0.5, 0.6) is 11.5 Å². The van der Waals surface area contributed by atoms with Gasteiger partial charge < -0.3 is 14.2 Å². The lowest BCUT2D eigenvalue weighted by atomic mass is 9.94. The zero-order chi connectivity index (χ0) is 16.3. The Morgan fingerprint density at radius 1 is 0.909 bits per heavy atom. The molecule has 0 fully saturated rings. The highest BCUT2D eigenvalue weighted by Gasteiger charge is 2.26. The number of hydrogen-bond acceptors (Lipinski definition) is 6. The van der Waals surface area contributed by atoms with Crippen LogP contribution in [-0.2, 0) is 14.3 Å². The molecule has 0 amide bonds. The maximum Gasteiger partial charge on any atom is 0.267 e. The molecule has 1 aromatic carbocycles. The molecule has 0 N–H and O–H groups in total. The minimum atomic E-state index is -0.714. The van der Waals surface area contributed by atoms with Crippen LogP contribution >= 0.6 is 0 Å². The number of ether oxygens (including phenoxy) is 3. The molecule has 1 aromatic rings. The van der Waals surface area contributed by atoms with Crippen molar-refractivity contribution in [3.05, 3.63) is 41.2 Å². The number of hydrogen-bond donors (Lipinski definition) is 0. The van der Waals surface area contributed by atoms with Crippen LogP contribution < -0.4 is 9.47 Å². The second-order valence-electron chi connectivity index (χ2n) is 4.42. The van der Waals surface area contributed by atoms with Gasteiger partial charge in [0.1, 0.15) is 17.8 Å². The molecule has 0 spiro atoms. The van der Waals surface area contributed by atoms with E-state index in [0.717, 1.165) is 0 Å². The molecule has 114 valence electrons. The normalized spacial score (nSPS) is 14.1. The summed E-state index contributed by atoms with van der Waals surface area (Å²) >= 11 is 0. The Morgan fingerprint density at radius 2 is 1.50 bits per heavy atom. The Hall–Kier alpha value is -2.89. The topological polar surface area (TPSA) is 78.9 Å². The van der Waals surface area contributed by atoms with Gasteiger partial charge in [0, 0.05) is 5.56 Å². The van der Waals surface area contributed by atoms with Crippen molar-refractivity contribution in [1.82, 2.24) is 0 Å². The molecule has 0 saturated carbocycles. The van der Waals surface area contributed by atoms with Gasteiger partial charge in [-0.15, -0.1) is 0 Å². The first-order valence-corrected chi connectivity index (χ1v) is 6.33. The Morgan fingerprint density at radius 3 is 1.95 bits per heavy atom. The number of methoxy groups -OCH3 is 3. The van der Waals surface area contributed by atoms with Gasteiger partial charge in [-0.2, -0.15) is 0 Å². The highest BCUT2D eigenvalue weighted by molar-refractivity contribution is 6.49. The maximum absolute atomic E-state index is 11.8. The monoisotopic (exact) mass is 302 g/mol. The Kier molecular flexibility index (Phi) is 4.41. The van der Waals surface area contributed by atoms with Gasteiger partial charge in [-0.05, 0) is 29.9 Å². The summed E-state index contributed by atoms with van der Waals surface area (Å²) in [4.78, 5) is 34.4. The molecule has 6 nitrogen and oxygen atoms in total. The summed E-state index contributed by atoms with van der Waals surface area (Å²) in [5.41, 5.74) is 1.24. The van der Waals surface area contributed by atoms with Crippen molar-refractivity contribution in [2.75, 3.05) is 21.3 Å². The molecule has 2 rings (SSSR count). The average Bonchev–Trinajstić information content (AvgIpc) is 2.55. The molecule has 0 aromatic heterocycles. The first-order chi connectivity index (χ1) is 10.5. The molecule has 0 unspecified atom stereocenters. The van der Waals surface area contributed by atoms with Crippen molar-refractivity contribution in [3.8, 4) is 11.5 Å². The van der Waals surface area contributed by atoms with Crippen molar-refractivity contribution < 1.29 is 28.6 Å². The van der Waals surface area contributed by atoms with Crippen molar-refractivity contribution in [2.45, 2.75) is 0 Å². The van der Waals surface area contributed by atoms with E-state index in [1.165, 1.54) is 45.6 Å². The van der Waals surface area contributed by atoms with Crippen molar-refractivity contribution in [2.24, 2.45) is 0 Å². The zero-order valence-electron chi connectivity index (χ0n) is 12.3. The van der Waals surface area contributed by atoms with E-state index in [1.54, 1.807) is 0 Å². The lowest BCUT2D eigenvalue weighted by Gasteiger charge is -2.17. The Labute approximate surface area is 127 Å². The molecule has 0 bridgehead atoms. The number of carbonyl (C=O) groups is 3. The standard InChI is InChI=1S/C16H14O6/c1-20-12-4-9(8-17)5-13(21-2)15(12)10-6-11(18)16(19)14(7-10)22-3/h4-8H,1-3H3. The van der Waals surface area contributed by atoms with E-state index in [1.807, 2.05) is 0 Å². The second kappa shape index (κ2) is 6.26. The largest absolute Gasteiger partial charge is 0.496 e. The Balaban J connectivity index is 2.68. The number of ketones is 2. The van der Waals surface area contributed by atoms with Gasteiger partial charge in [0.25, 0.3) is 5.78 Å². The predicted octanol–water partition coefficient (Wildman–Crippen LogP) is 1.58. The fourth-order valence-electron chi connectivity index (χ4n) is 2.16. The van der Waals surface area contributed by atoms with E-state index in [-0.39, 0.29) is 5.76 Å². The van der Waals surface area contributed by atoms with Gasteiger partial charge in [-0.25, -0.2) is 0 Å². The van der Waals surface area contributed by atoms with Crippen molar-refractivity contribution in [1.29, 1.82) is 0 Å². The first kappa shape index (κ1) is 15.5. The van der Waals surface area contributed by atoms with Crippen molar-refractivity contribution in [3.63, 3.8) is 0 Å². The number of Topliss-reactive ketones (excluding diaryl/α,β-unsaturated/α-hetero) is 1. The molecule has 0 aliphatic heterocycles. The van der Waals surface area contributed by atoms with Crippen LogP contribution in [0.15, 0.2) is 30.0 Å². The third-order valence-electron chi connectivity index (χ3n) is 3.19. The van der Waals surface area contributed by atoms with Gasteiger partial charge >= 0.3 is 0 Å². The third-order valence-corrected chi connectivity index (χ3v) is 3.19. The van der Waals surface area contributed by atoms with Crippen LogP contribution in [0.1, 0.15) is 15.9 Å². The van der Waals surface area contributed by atoms with E-state index in [9.17, 15) is 14.4 Å². The van der Waals surface area contributed by atoms with Crippen LogP contribution in [0.25, 0.3) is 5.57 Å². The molecule has 0 radical (unpaired) electrons. The predicted molar refractivity (Wildman–Crippen MR) is 78.0 cm³/mol. The third kappa shape index (κ3) is 2.63. The Bertz CT molecular complexity index is 686. The lowest BCUT2D eigenvalue weighted by molar-refractivity contribution is -0.133. The van der Waals surface area contributed by atoms with Crippen LogP contribution in [0.4, 0.5) is 0 Å². The maximum atomic E-state index is 11.8. The van der Waals surface area contributed by atoms with E-state index in [4.69, 9.17) is 14.2 Å². The highest BCUT2D eigenvalue weighted by Crippen LogP contribution is 2.38. The molecule has 1 aliphatic carbocycles. The molecule has 6 heteroatoms. The SMILES string of the molecule is COC1=CC(c2c(OC)cc(C=O)cc2OC)=CC(=O)C1=O. The van der Waals surface area contributed by atoms with Gasteiger partial charge in [0.15, 0.2) is 5.76 Å². The van der Waals surface area contributed by atoms with Crippen molar-refractivity contribution >= 4 is 23.4 Å². The summed E-state index contributed by atoms with van der Waals surface area (Å²) in [5, 5.41) is 0. The molecule has 0 atom stereocenters. The zero-order valence-corrected chi connectivity index (χ0v) is 12.3. The first-order valence-electron chi connectivity index (χ1n) is 6.33. The summed E-state index contributed by atoms with van der Waals surface area (Å²) in [6.45, 7) is 0. The summed E-state index contributed by atoms with van der Waals surface area (Å²) in [7, 11) is 4.18. The highest BCUT2D eigenvalue weighted by atomic mass is 16.5. The summed E-state index contributed by atoms with van der Waals surface area (Å²) in [6.07, 6.45) is 3.28. The van der Waals surface area contributed by atoms with Gasteiger partial charge in [0.05, 0.1) is 26.9 Å². The number of rotatable bonds is 5.